The summed E-state index contributed by atoms with van der Waals surface area (Å²) < 4.78 is 0. The Balaban J connectivity index is 2.73. The summed E-state index contributed by atoms with van der Waals surface area (Å²) in [5.41, 5.74) is 2.26. The number of amides is 1. The first-order chi connectivity index (χ1) is 7.84. The van der Waals surface area contributed by atoms with Gasteiger partial charge in [-0.15, -0.1) is 0 Å². The van der Waals surface area contributed by atoms with E-state index in [1.807, 2.05) is 19.1 Å². The van der Waals surface area contributed by atoms with E-state index in [1.165, 1.54) is 5.56 Å². The van der Waals surface area contributed by atoms with E-state index in [0.717, 1.165) is 12.1 Å². The van der Waals surface area contributed by atoms with Crippen LogP contribution in [0.2, 0.25) is 0 Å². The molecule has 0 spiro atoms. The van der Waals surface area contributed by atoms with Gasteiger partial charge in [-0.3, -0.25) is 4.79 Å². The molecule has 0 saturated heterocycles. The molecule has 0 aromatic heterocycles. The monoisotopic (exact) mass is 297 g/mol. The lowest BCUT2D eigenvalue weighted by Gasteiger charge is -2.19. The molecule has 2 nitrogen and oxygen atoms in total. The topological polar surface area (TPSA) is 29.1 Å². The predicted octanol–water partition coefficient (Wildman–Crippen LogP) is 4.10. The molecule has 1 aromatic rings. The lowest BCUT2D eigenvalue weighted by Crippen LogP contribution is -2.22. The molecule has 1 atom stereocenters. The fourth-order valence-electron chi connectivity index (χ4n) is 1.46. The van der Waals surface area contributed by atoms with Crippen molar-refractivity contribution in [2.75, 3.05) is 5.32 Å². The maximum atomic E-state index is 11.7. The SMILES string of the molecule is CCC(Br)C(=O)Nc1ccc(C(C)(C)C)cc1. The van der Waals surface area contributed by atoms with Gasteiger partial charge in [0.25, 0.3) is 0 Å². The molecule has 1 unspecified atom stereocenters. The number of hydrogen-bond acceptors (Lipinski definition) is 1. The summed E-state index contributed by atoms with van der Waals surface area (Å²) in [7, 11) is 0. The van der Waals surface area contributed by atoms with Crippen LogP contribution in [-0.4, -0.2) is 10.7 Å². The Bertz CT molecular complexity index is 378. The normalized spacial score (nSPS) is 13.2. The zero-order valence-electron chi connectivity index (χ0n) is 10.9. The quantitative estimate of drug-likeness (QED) is 0.836. The van der Waals surface area contributed by atoms with Gasteiger partial charge in [0.15, 0.2) is 0 Å². The van der Waals surface area contributed by atoms with Gasteiger partial charge >= 0.3 is 0 Å². The molecule has 17 heavy (non-hydrogen) atoms. The van der Waals surface area contributed by atoms with Crippen LogP contribution in [-0.2, 0) is 10.2 Å². The van der Waals surface area contributed by atoms with Gasteiger partial charge < -0.3 is 5.32 Å². The summed E-state index contributed by atoms with van der Waals surface area (Å²) in [6, 6.07) is 8.03. The molecule has 1 aromatic carbocycles. The highest BCUT2D eigenvalue weighted by atomic mass is 79.9. The second kappa shape index (κ2) is 5.67. The van der Waals surface area contributed by atoms with Crippen LogP contribution in [0.25, 0.3) is 0 Å². The molecular formula is C14H20BrNO. The number of benzene rings is 1. The third-order valence-electron chi connectivity index (χ3n) is 2.66. The van der Waals surface area contributed by atoms with E-state index in [4.69, 9.17) is 0 Å². The van der Waals surface area contributed by atoms with Crippen molar-refractivity contribution in [3.63, 3.8) is 0 Å². The lowest BCUT2D eigenvalue weighted by molar-refractivity contribution is -0.115. The minimum atomic E-state index is -0.121. The average molecular weight is 298 g/mol. The maximum absolute atomic E-state index is 11.7. The third kappa shape index (κ3) is 4.15. The van der Waals surface area contributed by atoms with E-state index in [1.54, 1.807) is 0 Å². The number of carbonyl (C=O) groups is 1. The molecule has 1 rings (SSSR count). The number of rotatable bonds is 3. The Hall–Kier alpha value is -0.830. The van der Waals surface area contributed by atoms with Crippen LogP contribution >= 0.6 is 15.9 Å². The summed E-state index contributed by atoms with van der Waals surface area (Å²) in [5, 5.41) is 2.89. The Labute approximate surface area is 112 Å². The molecule has 0 fully saturated rings. The van der Waals surface area contributed by atoms with Crippen molar-refractivity contribution >= 4 is 27.5 Å². The Morgan fingerprint density at radius 3 is 2.24 bits per heavy atom. The predicted molar refractivity (Wildman–Crippen MR) is 76.8 cm³/mol. The van der Waals surface area contributed by atoms with Crippen LogP contribution in [0.5, 0.6) is 0 Å². The van der Waals surface area contributed by atoms with Crippen LogP contribution in [0, 0.1) is 0 Å². The minimum Gasteiger partial charge on any atom is -0.325 e. The average Bonchev–Trinajstić information content (AvgIpc) is 2.27. The molecular weight excluding hydrogens is 278 g/mol. The summed E-state index contributed by atoms with van der Waals surface area (Å²) in [5.74, 6) is 0.0102. The van der Waals surface area contributed by atoms with Crippen LogP contribution in [0.15, 0.2) is 24.3 Å². The molecule has 0 bridgehead atoms. The first kappa shape index (κ1) is 14.2. The highest BCUT2D eigenvalue weighted by molar-refractivity contribution is 9.10. The standard InChI is InChI=1S/C14H20BrNO/c1-5-12(15)13(17)16-11-8-6-10(7-9-11)14(2,3)4/h6-9,12H,5H2,1-4H3,(H,16,17). The van der Waals surface area contributed by atoms with E-state index in [2.05, 4.69) is 54.2 Å². The zero-order valence-corrected chi connectivity index (χ0v) is 12.5. The van der Waals surface area contributed by atoms with Gasteiger partial charge in [0.2, 0.25) is 5.91 Å². The van der Waals surface area contributed by atoms with E-state index in [9.17, 15) is 4.79 Å². The van der Waals surface area contributed by atoms with Crippen molar-refractivity contribution in [3.8, 4) is 0 Å². The summed E-state index contributed by atoms with van der Waals surface area (Å²) in [6.07, 6.45) is 0.784. The van der Waals surface area contributed by atoms with Crippen LogP contribution in [0.1, 0.15) is 39.7 Å². The van der Waals surface area contributed by atoms with Gasteiger partial charge in [-0.2, -0.15) is 0 Å². The van der Waals surface area contributed by atoms with Gasteiger partial charge in [0.1, 0.15) is 0 Å². The molecule has 1 amide bonds. The summed E-state index contributed by atoms with van der Waals surface area (Å²) >= 11 is 3.33. The van der Waals surface area contributed by atoms with E-state index in [-0.39, 0.29) is 16.1 Å². The largest absolute Gasteiger partial charge is 0.325 e. The molecule has 0 aliphatic rings. The molecule has 0 aliphatic carbocycles. The minimum absolute atomic E-state index is 0.0102. The van der Waals surface area contributed by atoms with Crippen molar-refractivity contribution in [3.05, 3.63) is 29.8 Å². The molecule has 0 aliphatic heterocycles. The van der Waals surface area contributed by atoms with Crippen molar-refractivity contribution < 1.29 is 4.79 Å². The Kier molecular flexibility index (Phi) is 4.75. The second-order valence-corrected chi connectivity index (χ2v) is 6.30. The summed E-state index contributed by atoms with van der Waals surface area (Å²) in [4.78, 5) is 11.5. The van der Waals surface area contributed by atoms with E-state index >= 15 is 0 Å². The van der Waals surface area contributed by atoms with Gasteiger partial charge in [0, 0.05) is 5.69 Å². The van der Waals surface area contributed by atoms with Crippen molar-refractivity contribution in [2.45, 2.75) is 44.4 Å². The second-order valence-electron chi connectivity index (χ2n) is 5.19. The number of nitrogens with one attached hydrogen (secondary N) is 1. The van der Waals surface area contributed by atoms with Gasteiger partial charge in [-0.1, -0.05) is 55.8 Å². The van der Waals surface area contributed by atoms with Gasteiger partial charge in [-0.05, 0) is 29.5 Å². The first-order valence-electron chi connectivity index (χ1n) is 5.90. The highest BCUT2D eigenvalue weighted by Gasteiger charge is 2.14. The number of halogens is 1. The zero-order chi connectivity index (χ0) is 13.1. The molecule has 0 heterocycles. The molecule has 0 saturated carbocycles. The Morgan fingerprint density at radius 2 is 1.82 bits per heavy atom. The van der Waals surface area contributed by atoms with Crippen LogP contribution in [0.3, 0.4) is 0 Å². The van der Waals surface area contributed by atoms with Gasteiger partial charge in [0.05, 0.1) is 4.83 Å². The first-order valence-corrected chi connectivity index (χ1v) is 6.81. The highest BCUT2D eigenvalue weighted by Crippen LogP contribution is 2.23. The number of carbonyl (C=O) groups excluding carboxylic acids is 1. The number of hydrogen-bond donors (Lipinski definition) is 1. The van der Waals surface area contributed by atoms with Crippen LogP contribution < -0.4 is 5.32 Å². The van der Waals surface area contributed by atoms with E-state index < -0.39 is 0 Å². The van der Waals surface area contributed by atoms with E-state index in [0.29, 0.717) is 0 Å². The van der Waals surface area contributed by atoms with Gasteiger partial charge in [-0.25, -0.2) is 0 Å². The maximum Gasteiger partial charge on any atom is 0.238 e. The molecule has 1 N–H and O–H groups in total. The smallest absolute Gasteiger partial charge is 0.238 e. The van der Waals surface area contributed by atoms with Crippen LogP contribution in [0.4, 0.5) is 5.69 Å². The summed E-state index contributed by atoms with van der Waals surface area (Å²) in [6.45, 7) is 8.49. The fraction of sp³-hybridized carbons (Fsp3) is 0.500. The van der Waals surface area contributed by atoms with Crippen molar-refractivity contribution in [2.24, 2.45) is 0 Å². The number of anilines is 1. The van der Waals surface area contributed by atoms with Crippen molar-refractivity contribution in [1.29, 1.82) is 0 Å². The van der Waals surface area contributed by atoms with Crippen molar-refractivity contribution in [1.82, 2.24) is 0 Å². The number of alkyl halides is 1. The Morgan fingerprint density at radius 1 is 1.29 bits per heavy atom. The fourth-order valence-corrected chi connectivity index (χ4v) is 1.57. The molecule has 94 valence electrons. The molecule has 3 heteroatoms. The molecule has 0 radical (unpaired) electrons. The third-order valence-corrected chi connectivity index (χ3v) is 3.72. The lowest BCUT2D eigenvalue weighted by atomic mass is 9.87.